The summed E-state index contributed by atoms with van der Waals surface area (Å²) in [6, 6.07) is 14.4. The zero-order valence-electron chi connectivity index (χ0n) is 15.1. The second kappa shape index (κ2) is 8.48. The predicted octanol–water partition coefficient (Wildman–Crippen LogP) is 4.40. The standard InChI is InChI=1S/C21H23IN2O3/c22-17-7-3-4-8-18(17)23-21(25)13-24(16-5-1-2-6-16)12-15-9-10-19-20(11-15)27-14-26-19/h3-4,7-11,16H,1-2,5-6,12-14H2,(H,23,25). The molecule has 142 valence electrons. The van der Waals surface area contributed by atoms with Crippen molar-refractivity contribution in [2.75, 3.05) is 18.7 Å². The van der Waals surface area contributed by atoms with Gasteiger partial charge in [-0.25, -0.2) is 0 Å². The Morgan fingerprint density at radius 1 is 1.11 bits per heavy atom. The lowest BCUT2D eigenvalue weighted by Gasteiger charge is -2.28. The lowest BCUT2D eigenvalue weighted by atomic mass is 10.1. The van der Waals surface area contributed by atoms with E-state index in [1.165, 1.54) is 12.8 Å². The number of rotatable bonds is 6. The number of carbonyl (C=O) groups is 1. The molecule has 6 heteroatoms. The summed E-state index contributed by atoms with van der Waals surface area (Å²) in [6.45, 7) is 1.41. The molecule has 1 amide bonds. The zero-order valence-corrected chi connectivity index (χ0v) is 17.3. The van der Waals surface area contributed by atoms with Crippen LogP contribution in [0.5, 0.6) is 11.5 Å². The summed E-state index contributed by atoms with van der Waals surface area (Å²) >= 11 is 2.25. The van der Waals surface area contributed by atoms with Crippen LogP contribution in [-0.4, -0.2) is 30.2 Å². The molecule has 0 radical (unpaired) electrons. The zero-order chi connectivity index (χ0) is 18.6. The highest BCUT2D eigenvalue weighted by molar-refractivity contribution is 14.1. The molecule has 1 saturated carbocycles. The van der Waals surface area contributed by atoms with Gasteiger partial charge in [0.05, 0.1) is 12.2 Å². The average molecular weight is 478 g/mol. The Morgan fingerprint density at radius 2 is 1.89 bits per heavy atom. The Balaban J connectivity index is 1.46. The van der Waals surface area contributed by atoms with Gasteiger partial charge in [-0.1, -0.05) is 31.0 Å². The average Bonchev–Trinajstić information content (AvgIpc) is 3.34. The molecule has 2 aromatic rings. The van der Waals surface area contributed by atoms with Crippen molar-refractivity contribution in [1.29, 1.82) is 0 Å². The Hall–Kier alpha value is -1.80. The first-order valence-corrected chi connectivity index (χ1v) is 10.4. The first kappa shape index (κ1) is 18.6. The van der Waals surface area contributed by atoms with E-state index < -0.39 is 0 Å². The van der Waals surface area contributed by atoms with Crippen LogP contribution in [0.1, 0.15) is 31.2 Å². The van der Waals surface area contributed by atoms with E-state index in [0.29, 0.717) is 12.6 Å². The molecule has 0 aromatic heterocycles. The summed E-state index contributed by atoms with van der Waals surface area (Å²) in [5, 5.41) is 3.06. The number of hydrogen-bond donors (Lipinski definition) is 1. The SMILES string of the molecule is O=C(CN(Cc1ccc2c(c1)OCO2)C1CCCC1)Nc1ccccc1I. The number of nitrogens with one attached hydrogen (secondary N) is 1. The van der Waals surface area contributed by atoms with Gasteiger partial charge in [0.15, 0.2) is 11.5 Å². The Morgan fingerprint density at radius 3 is 2.70 bits per heavy atom. The van der Waals surface area contributed by atoms with E-state index >= 15 is 0 Å². The molecule has 1 aliphatic heterocycles. The van der Waals surface area contributed by atoms with E-state index in [4.69, 9.17) is 9.47 Å². The molecule has 1 heterocycles. The van der Waals surface area contributed by atoms with Crippen molar-refractivity contribution in [1.82, 2.24) is 4.90 Å². The number of para-hydroxylation sites is 1. The monoisotopic (exact) mass is 478 g/mol. The minimum Gasteiger partial charge on any atom is -0.454 e. The second-order valence-electron chi connectivity index (χ2n) is 7.06. The predicted molar refractivity (Wildman–Crippen MR) is 113 cm³/mol. The summed E-state index contributed by atoms with van der Waals surface area (Å²) in [4.78, 5) is 15.0. The van der Waals surface area contributed by atoms with Gasteiger partial charge >= 0.3 is 0 Å². The molecule has 2 aromatic carbocycles. The third-order valence-electron chi connectivity index (χ3n) is 5.16. The van der Waals surface area contributed by atoms with Gasteiger partial charge in [-0.3, -0.25) is 9.69 Å². The van der Waals surface area contributed by atoms with Crippen molar-refractivity contribution in [3.63, 3.8) is 0 Å². The highest BCUT2D eigenvalue weighted by Gasteiger charge is 2.25. The maximum absolute atomic E-state index is 12.7. The maximum Gasteiger partial charge on any atom is 0.238 e. The van der Waals surface area contributed by atoms with Gasteiger partial charge in [0, 0.05) is 16.2 Å². The summed E-state index contributed by atoms with van der Waals surface area (Å²) in [7, 11) is 0. The quantitative estimate of drug-likeness (QED) is 0.626. The Kier molecular flexibility index (Phi) is 5.83. The molecule has 0 spiro atoms. The molecule has 2 aliphatic rings. The van der Waals surface area contributed by atoms with Gasteiger partial charge in [0.25, 0.3) is 0 Å². The smallest absolute Gasteiger partial charge is 0.238 e. The minimum absolute atomic E-state index is 0.0340. The van der Waals surface area contributed by atoms with Gasteiger partial charge in [-0.05, 0) is 65.3 Å². The van der Waals surface area contributed by atoms with Crippen molar-refractivity contribution in [3.05, 3.63) is 51.6 Å². The molecule has 0 unspecified atom stereocenters. The van der Waals surface area contributed by atoms with Crippen molar-refractivity contribution < 1.29 is 14.3 Å². The number of hydrogen-bond acceptors (Lipinski definition) is 4. The van der Waals surface area contributed by atoms with Crippen LogP contribution in [-0.2, 0) is 11.3 Å². The summed E-state index contributed by atoms with van der Waals surface area (Å²) in [5.41, 5.74) is 2.02. The topological polar surface area (TPSA) is 50.8 Å². The molecular formula is C21H23IN2O3. The van der Waals surface area contributed by atoms with Gasteiger partial charge < -0.3 is 14.8 Å². The summed E-state index contributed by atoms with van der Waals surface area (Å²) in [5.74, 6) is 1.62. The normalized spacial score (nSPS) is 16.1. The first-order chi connectivity index (χ1) is 13.2. The number of ether oxygens (including phenoxy) is 2. The number of amides is 1. The number of carbonyl (C=O) groups excluding carboxylic acids is 1. The third-order valence-corrected chi connectivity index (χ3v) is 6.10. The van der Waals surface area contributed by atoms with Crippen LogP contribution < -0.4 is 14.8 Å². The maximum atomic E-state index is 12.7. The molecule has 0 bridgehead atoms. The van der Waals surface area contributed by atoms with Crippen molar-refractivity contribution >= 4 is 34.2 Å². The minimum atomic E-state index is 0.0340. The van der Waals surface area contributed by atoms with Gasteiger partial charge in [-0.15, -0.1) is 0 Å². The number of fused-ring (bicyclic) bond motifs is 1. The second-order valence-corrected chi connectivity index (χ2v) is 8.22. The van der Waals surface area contributed by atoms with E-state index in [9.17, 15) is 4.79 Å². The van der Waals surface area contributed by atoms with E-state index in [-0.39, 0.29) is 12.7 Å². The molecule has 1 aliphatic carbocycles. The molecule has 27 heavy (non-hydrogen) atoms. The summed E-state index contributed by atoms with van der Waals surface area (Å²) in [6.07, 6.45) is 4.78. The fourth-order valence-electron chi connectivity index (χ4n) is 3.79. The van der Waals surface area contributed by atoms with Crippen LogP contribution in [0.2, 0.25) is 0 Å². The van der Waals surface area contributed by atoms with E-state index in [1.807, 2.05) is 36.4 Å². The molecule has 1 N–H and O–H groups in total. The van der Waals surface area contributed by atoms with Crippen molar-refractivity contribution in [2.45, 2.75) is 38.3 Å². The Bertz CT molecular complexity index is 821. The van der Waals surface area contributed by atoms with Crippen LogP contribution in [0.4, 0.5) is 5.69 Å². The van der Waals surface area contributed by atoms with Crippen molar-refractivity contribution in [2.24, 2.45) is 0 Å². The lowest BCUT2D eigenvalue weighted by Crippen LogP contribution is -2.39. The van der Waals surface area contributed by atoms with E-state index in [1.54, 1.807) is 0 Å². The van der Waals surface area contributed by atoms with Gasteiger partial charge in [-0.2, -0.15) is 0 Å². The fourth-order valence-corrected chi connectivity index (χ4v) is 4.32. The molecular weight excluding hydrogens is 455 g/mol. The van der Waals surface area contributed by atoms with Gasteiger partial charge in [0.1, 0.15) is 0 Å². The lowest BCUT2D eigenvalue weighted by molar-refractivity contribution is -0.118. The van der Waals surface area contributed by atoms with Crippen LogP contribution in [0.3, 0.4) is 0 Å². The fraction of sp³-hybridized carbons (Fsp3) is 0.381. The molecule has 5 nitrogen and oxygen atoms in total. The number of benzene rings is 2. The third kappa shape index (κ3) is 4.55. The molecule has 0 atom stereocenters. The molecule has 4 rings (SSSR count). The number of anilines is 1. The highest BCUT2D eigenvalue weighted by Crippen LogP contribution is 2.33. The van der Waals surface area contributed by atoms with Crippen LogP contribution >= 0.6 is 22.6 Å². The van der Waals surface area contributed by atoms with E-state index in [2.05, 4.69) is 38.9 Å². The number of halogens is 1. The summed E-state index contributed by atoms with van der Waals surface area (Å²) < 4.78 is 11.9. The number of nitrogens with zero attached hydrogens (tertiary/aromatic N) is 1. The molecule has 0 saturated heterocycles. The first-order valence-electron chi connectivity index (χ1n) is 9.36. The largest absolute Gasteiger partial charge is 0.454 e. The van der Waals surface area contributed by atoms with Crippen molar-refractivity contribution in [3.8, 4) is 11.5 Å². The molecule has 1 fully saturated rings. The van der Waals surface area contributed by atoms with Crippen LogP contribution in [0.15, 0.2) is 42.5 Å². The highest BCUT2D eigenvalue weighted by atomic mass is 127. The Labute approximate surface area is 173 Å². The van der Waals surface area contributed by atoms with Crippen LogP contribution in [0.25, 0.3) is 0 Å². The van der Waals surface area contributed by atoms with Gasteiger partial charge in [0.2, 0.25) is 12.7 Å². The van der Waals surface area contributed by atoms with E-state index in [0.717, 1.165) is 45.7 Å². The van der Waals surface area contributed by atoms with Crippen LogP contribution in [0, 0.1) is 3.57 Å².